The maximum atomic E-state index is 12.2. The average Bonchev–Trinajstić information content (AvgIpc) is 2.94. The third-order valence-electron chi connectivity index (χ3n) is 3.23. The number of hydrogen-bond acceptors (Lipinski definition) is 3. The average molecular weight is 256 g/mol. The van der Waals surface area contributed by atoms with Gasteiger partial charge in [0.05, 0.1) is 6.10 Å². The summed E-state index contributed by atoms with van der Waals surface area (Å²) < 4.78 is 5.23. The lowest BCUT2D eigenvalue weighted by Gasteiger charge is -2.15. The normalized spacial score (nSPS) is 19.3. The fourth-order valence-corrected chi connectivity index (χ4v) is 2.13. The second-order valence-corrected chi connectivity index (χ2v) is 4.48. The van der Waals surface area contributed by atoms with Crippen LogP contribution in [-0.2, 0) is 9.53 Å². The second kappa shape index (κ2) is 6.17. The standard InChI is InChI=1S/C15H16N2O2/c1-19-14-7-8-17(11-14)15(18)13(10-16)9-12-5-3-2-4-6-12/h2-6,9,14H,7-8,11H2,1H3/b13-9+. The van der Waals surface area contributed by atoms with E-state index in [0.29, 0.717) is 13.1 Å². The van der Waals surface area contributed by atoms with Gasteiger partial charge in [0.1, 0.15) is 11.6 Å². The van der Waals surface area contributed by atoms with Gasteiger partial charge < -0.3 is 9.64 Å². The molecule has 4 heteroatoms. The molecule has 19 heavy (non-hydrogen) atoms. The minimum atomic E-state index is -0.217. The molecular formula is C15H16N2O2. The molecule has 1 unspecified atom stereocenters. The molecule has 0 radical (unpaired) electrons. The van der Waals surface area contributed by atoms with E-state index < -0.39 is 0 Å². The smallest absolute Gasteiger partial charge is 0.264 e. The number of methoxy groups -OCH3 is 1. The molecule has 1 amide bonds. The van der Waals surface area contributed by atoms with Crippen molar-refractivity contribution in [3.63, 3.8) is 0 Å². The van der Waals surface area contributed by atoms with Crippen LogP contribution in [0, 0.1) is 11.3 Å². The predicted molar refractivity (Wildman–Crippen MR) is 72.0 cm³/mol. The van der Waals surface area contributed by atoms with Crippen LogP contribution < -0.4 is 0 Å². The van der Waals surface area contributed by atoms with Crippen molar-refractivity contribution in [2.24, 2.45) is 0 Å². The molecule has 4 nitrogen and oxygen atoms in total. The Morgan fingerprint density at radius 3 is 2.79 bits per heavy atom. The van der Waals surface area contributed by atoms with E-state index in [-0.39, 0.29) is 17.6 Å². The van der Waals surface area contributed by atoms with Crippen LogP contribution in [-0.4, -0.2) is 37.1 Å². The highest BCUT2D eigenvalue weighted by atomic mass is 16.5. The molecule has 1 aliphatic rings. The quantitative estimate of drug-likeness (QED) is 0.612. The van der Waals surface area contributed by atoms with Gasteiger partial charge >= 0.3 is 0 Å². The monoisotopic (exact) mass is 256 g/mol. The van der Waals surface area contributed by atoms with Crippen LogP contribution >= 0.6 is 0 Å². The van der Waals surface area contributed by atoms with Gasteiger partial charge in [-0.1, -0.05) is 30.3 Å². The Morgan fingerprint density at radius 1 is 1.47 bits per heavy atom. The van der Waals surface area contributed by atoms with Crippen LogP contribution in [0.4, 0.5) is 0 Å². The van der Waals surface area contributed by atoms with E-state index in [1.807, 2.05) is 36.4 Å². The maximum Gasteiger partial charge on any atom is 0.264 e. The van der Waals surface area contributed by atoms with Crippen molar-refractivity contribution >= 4 is 12.0 Å². The minimum absolute atomic E-state index is 0.0839. The first kappa shape index (κ1) is 13.3. The summed E-state index contributed by atoms with van der Waals surface area (Å²) in [6.45, 7) is 1.20. The minimum Gasteiger partial charge on any atom is -0.380 e. The molecule has 1 aromatic carbocycles. The number of likely N-dealkylation sites (tertiary alicyclic amines) is 1. The maximum absolute atomic E-state index is 12.2. The first-order chi connectivity index (χ1) is 9.24. The Labute approximate surface area is 112 Å². The van der Waals surface area contributed by atoms with Crippen LogP contribution in [0.2, 0.25) is 0 Å². The topological polar surface area (TPSA) is 53.3 Å². The Kier molecular flexibility index (Phi) is 4.32. The highest BCUT2D eigenvalue weighted by Crippen LogP contribution is 2.16. The number of rotatable bonds is 3. The fraction of sp³-hybridized carbons (Fsp3) is 0.333. The number of nitriles is 1. The van der Waals surface area contributed by atoms with Crippen LogP contribution in [0.5, 0.6) is 0 Å². The summed E-state index contributed by atoms with van der Waals surface area (Å²) in [4.78, 5) is 13.9. The fourth-order valence-electron chi connectivity index (χ4n) is 2.13. The number of amides is 1. The van der Waals surface area contributed by atoms with E-state index in [4.69, 9.17) is 10.00 Å². The van der Waals surface area contributed by atoms with E-state index >= 15 is 0 Å². The zero-order valence-electron chi connectivity index (χ0n) is 10.9. The lowest BCUT2D eigenvalue weighted by molar-refractivity contribution is -0.126. The van der Waals surface area contributed by atoms with Gasteiger partial charge in [-0.2, -0.15) is 5.26 Å². The Morgan fingerprint density at radius 2 is 2.21 bits per heavy atom. The molecule has 1 fully saturated rings. The van der Waals surface area contributed by atoms with Crippen molar-refractivity contribution < 1.29 is 9.53 Å². The van der Waals surface area contributed by atoms with E-state index in [1.54, 1.807) is 18.1 Å². The molecule has 0 aromatic heterocycles. The molecule has 0 saturated carbocycles. The van der Waals surface area contributed by atoms with Crippen LogP contribution in [0.25, 0.3) is 6.08 Å². The van der Waals surface area contributed by atoms with E-state index in [1.165, 1.54) is 0 Å². The van der Waals surface area contributed by atoms with Crippen LogP contribution in [0.3, 0.4) is 0 Å². The number of nitrogens with zero attached hydrogens (tertiary/aromatic N) is 2. The third-order valence-corrected chi connectivity index (χ3v) is 3.23. The predicted octanol–water partition coefficient (Wildman–Crippen LogP) is 1.84. The molecule has 2 rings (SSSR count). The molecule has 0 N–H and O–H groups in total. The van der Waals surface area contributed by atoms with Crippen molar-refractivity contribution in [2.45, 2.75) is 12.5 Å². The lowest BCUT2D eigenvalue weighted by Crippen LogP contribution is -2.30. The summed E-state index contributed by atoms with van der Waals surface area (Å²) in [5.74, 6) is -0.217. The van der Waals surface area contributed by atoms with Gasteiger partial charge in [0.15, 0.2) is 0 Å². The second-order valence-electron chi connectivity index (χ2n) is 4.48. The highest BCUT2D eigenvalue weighted by molar-refractivity contribution is 6.01. The number of hydrogen-bond donors (Lipinski definition) is 0. The van der Waals surface area contributed by atoms with Gasteiger partial charge in [-0.15, -0.1) is 0 Å². The first-order valence-electron chi connectivity index (χ1n) is 6.23. The van der Waals surface area contributed by atoms with Gasteiger partial charge in [0, 0.05) is 20.2 Å². The lowest BCUT2D eigenvalue weighted by atomic mass is 10.1. The largest absolute Gasteiger partial charge is 0.380 e. The highest BCUT2D eigenvalue weighted by Gasteiger charge is 2.27. The molecule has 0 spiro atoms. The summed E-state index contributed by atoms with van der Waals surface area (Å²) >= 11 is 0. The van der Waals surface area contributed by atoms with Gasteiger partial charge in [-0.25, -0.2) is 0 Å². The zero-order valence-corrected chi connectivity index (χ0v) is 10.9. The number of ether oxygens (including phenoxy) is 1. The first-order valence-corrected chi connectivity index (χ1v) is 6.23. The molecule has 1 atom stereocenters. The van der Waals surface area contributed by atoms with Gasteiger partial charge in [-0.3, -0.25) is 4.79 Å². The van der Waals surface area contributed by atoms with E-state index in [2.05, 4.69) is 0 Å². The van der Waals surface area contributed by atoms with E-state index in [0.717, 1.165) is 12.0 Å². The molecule has 1 aliphatic heterocycles. The van der Waals surface area contributed by atoms with E-state index in [9.17, 15) is 4.79 Å². The summed E-state index contributed by atoms with van der Waals surface area (Å²) in [5, 5.41) is 9.14. The van der Waals surface area contributed by atoms with Gasteiger partial charge in [0.25, 0.3) is 5.91 Å². The molecular weight excluding hydrogens is 240 g/mol. The summed E-state index contributed by atoms with van der Waals surface area (Å²) in [6.07, 6.45) is 2.54. The van der Waals surface area contributed by atoms with Crippen LogP contribution in [0.1, 0.15) is 12.0 Å². The molecule has 0 aliphatic carbocycles. The number of carbonyl (C=O) groups is 1. The molecule has 1 saturated heterocycles. The van der Waals surface area contributed by atoms with Crippen molar-refractivity contribution in [3.8, 4) is 6.07 Å². The third kappa shape index (κ3) is 3.21. The Hall–Kier alpha value is -2.12. The zero-order chi connectivity index (χ0) is 13.7. The Bertz CT molecular complexity index is 517. The molecule has 98 valence electrons. The van der Waals surface area contributed by atoms with Crippen LogP contribution in [0.15, 0.2) is 35.9 Å². The van der Waals surface area contributed by atoms with Gasteiger partial charge in [-0.05, 0) is 18.1 Å². The molecule has 1 heterocycles. The van der Waals surface area contributed by atoms with Crippen molar-refractivity contribution in [2.75, 3.05) is 20.2 Å². The van der Waals surface area contributed by atoms with Crippen molar-refractivity contribution in [1.29, 1.82) is 5.26 Å². The van der Waals surface area contributed by atoms with Crippen molar-refractivity contribution in [1.82, 2.24) is 4.90 Å². The SMILES string of the molecule is COC1CCN(C(=O)/C(C#N)=C/c2ccccc2)C1. The van der Waals surface area contributed by atoms with Crippen molar-refractivity contribution in [3.05, 3.63) is 41.5 Å². The Balaban J connectivity index is 2.13. The molecule has 0 bridgehead atoms. The summed E-state index contributed by atoms with van der Waals surface area (Å²) in [5.41, 5.74) is 1.03. The van der Waals surface area contributed by atoms with Gasteiger partial charge in [0.2, 0.25) is 0 Å². The molecule has 1 aromatic rings. The number of benzene rings is 1. The summed E-state index contributed by atoms with van der Waals surface area (Å²) in [6, 6.07) is 11.4. The number of carbonyl (C=O) groups excluding carboxylic acids is 1. The summed E-state index contributed by atoms with van der Waals surface area (Å²) in [7, 11) is 1.64.